The van der Waals surface area contributed by atoms with E-state index in [4.69, 9.17) is 5.73 Å². The number of nitrogens with one attached hydrogen (secondary N) is 1. The molecule has 1 atom stereocenters. The summed E-state index contributed by atoms with van der Waals surface area (Å²) < 4.78 is 28.1. The molecule has 0 fully saturated rings. The second-order valence-electron chi connectivity index (χ2n) is 3.65. The monoisotopic (exact) mass is 258 g/mol. The van der Waals surface area contributed by atoms with Gasteiger partial charge in [-0.2, -0.15) is 0 Å². The van der Waals surface area contributed by atoms with Gasteiger partial charge in [0.2, 0.25) is 5.91 Å². The van der Waals surface area contributed by atoms with Crippen LogP contribution in [0.4, 0.5) is 8.78 Å². The molecule has 0 aliphatic rings. The summed E-state index contributed by atoms with van der Waals surface area (Å²) in [6.45, 7) is -0.426. The molecule has 3 N–H and O–H groups in total. The Morgan fingerprint density at radius 3 is 2.61 bits per heavy atom. The molecule has 1 rings (SSSR count). The molecule has 0 aliphatic carbocycles. The van der Waals surface area contributed by atoms with E-state index in [0.717, 1.165) is 0 Å². The third kappa shape index (κ3) is 5.20. The SMILES string of the molecule is N[C@@H](C(=O)NCCOCC(F)F)c1ccccc1. The average Bonchev–Trinajstić information content (AvgIpc) is 2.38. The van der Waals surface area contributed by atoms with Crippen LogP contribution in [0.25, 0.3) is 0 Å². The minimum atomic E-state index is -2.49. The summed E-state index contributed by atoms with van der Waals surface area (Å²) in [6, 6.07) is 8.13. The van der Waals surface area contributed by atoms with E-state index >= 15 is 0 Å². The molecule has 1 aromatic carbocycles. The number of rotatable bonds is 7. The van der Waals surface area contributed by atoms with Crippen LogP contribution in [0.3, 0.4) is 0 Å². The molecule has 0 unspecified atom stereocenters. The lowest BCUT2D eigenvalue weighted by molar-refractivity contribution is -0.122. The Bertz CT molecular complexity index is 360. The van der Waals surface area contributed by atoms with Gasteiger partial charge in [-0.3, -0.25) is 4.79 Å². The number of carbonyl (C=O) groups excluding carboxylic acids is 1. The zero-order valence-electron chi connectivity index (χ0n) is 9.81. The molecule has 0 bridgehead atoms. The third-order valence-corrected chi connectivity index (χ3v) is 2.23. The van der Waals surface area contributed by atoms with Crippen molar-refractivity contribution in [1.82, 2.24) is 5.32 Å². The Balaban J connectivity index is 2.25. The first-order valence-corrected chi connectivity index (χ1v) is 5.55. The van der Waals surface area contributed by atoms with E-state index in [9.17, 15) is 13.6 Å². The standard InChI is InChI=1S/C12H16F2N2O2/c13-10(14)8-18-7-6-16-12(17)11(15)9-4-2-1-3-5-9/h1-5,10-11H,6-8,15H2,(H,16,17)/t11-/m1/s1. The number of alkyl halides is 2. The Morgan fingerprint density at radius 1 is 1.33 bits per heavy atom. The summed E-state index contributed by atoms with van der Waals surface area (Å²) in [6.07, 6.45) is -2.49. The number of carbonyl (C=O) groups is 1. The Labute approximate surface area is 104 Å². The van der Waals surface area contributed by atoms with Crippen LogP contribution < -0.4 is 11.1 Å². The average molecular weight is 258 g/mol. The van der Waals surface area contributed by atoms with Gasteiger partial charge in [0.25, 0.3) is 6.43 Å². The van der Waals surface area contributed by atoms with Crippen molar-refractivity contribution < 1.29 is 18.3 Å². The minimum absolute atomic E-state index is 0.0393. The molecule has 1 aromatic rings. The van der Waals surface area contributed by atoms with Crippen molar-refractivity contribution in [2.75, 3.05) is 19.8 Å². The molecular weight excluding hydrogens is 242 g/mol. The molecule has 100 valence electrons. The van der Waals surface area contributed by atoms with Crippen LogP contribution in [0.5, 0.6) is 0 Å². The first-order valence-electron chi connectivity index (χ1n) is 5.55. The van der Waals surface area contributed by atoms with Crippen LogP contribution in [-0.2, 0) is 9.53 Å². The first-order chi connectivity index (χ1) is 8.61. The number of nitrogens with two attached hydrogens (primary N) is 1. The van der Waals surface area contributed by atoms with Crippen molar-refractivity contribution in [3.63, 3.8) is 0 Å². The van der Waals surface area contributed by atoms with E-state index in [-0.39, 0.29) is 19.1 Å². The Hall–Kier alpha value is -1.53. The van der Waals surface area contributed by atoms with Crippen molar-refractivity contribution >= 4 is 5.91 Å². The first kappa shape index (κ1) is 14.5. The topological polar surface area (TPSA) is 64.4 Å². The number of halogens is 2. The maximum atomic E-state index is 11.7. The van der Waals surface area contributed by atoms with E-state index in [1.807, 2.05) is 6.07 Å². The number of hydrogen-bond acceptors (Lipinski definition) is 3. The maximum Gasteiger partial charge on any atom is 0.261 e. The lowest BCUT2D eigenvalue weighted by Crippen LogP contribution is -2.36. The van der Waals surface area contributed by atoms with Crippen LogP contribution in [0.2, 0.25) is 0 Å². The van der Waals surface area contributed by atoms with Gasteiger partial charge in [0.15, 0.2) is 0 Å². The van der Waals surface area contributed by atoms with Gasteiger partial charge in [-0.1, -0.05) is 30.3 Å². The Kier molecular flexibility index (Phi) is 6.24. The van der Waals surface area contributed by atoms with Gasteiger partial charge in [0.05, 0.1) is 6.61 Å². The van der Waals surface area contributed by atoms with Crippen LogP contribution in [0.1, 0.15) is 11.6 Å². The molecule has 0 spiro atoms. The number of amides is 1. The highest BCUT2D eigenvalue weighted by molar-refractivity contribution is 5.82. The summed E-state index contributed by atoms with van der Waals surface area (Å²) in [7, 11) is 0. The van der Waals surface area contributed by atoms with E-state index in [1.54, 1.807) is 24.3 Å². The summed E-state index contributed by atoms with van der Waals surface area (Å²) in [5, 5.41) is 2.52. The molecule has 0 saturated heterocycles. The van der Waals surface area contributed by atoms with E-state index in [0.29, 0.717) is 5.56 Å². The second kappa shape index (κ2) is 7.73. The highest BCUT2D eigenvalue weighted by Crippen LogP contribution is 2.08. The van der Waals surface area contributed by atoms with E-state index in [2.05, 4.69) is 10.1 Å². The fourth-order valence-electron chi connectivity index (χ4n) is 1.34. The lowest BCUT2D eigenvalue weighted by atomic mass is 10.1. The van der Waals surface area contributed by atoms with Gasteiger partial charge in [-0.05, 0) is 5.56 Å². The van der Waals surface area contributed by atoms with E-state index < -0.39 is 19.1 Å². The van der Waals surface area contributed by atoms with Crippen LogP contribution >= 0.6 is 0 Å². The van der Waals surface area contributed by atoms with Gasteiger partial charge in [-0.15, -0.1) is 0 Å². The van der Waals surface area contributed by atoms with Crippen LogP contribution in [0.15, 0.2) is 30.3 Å². The predicted octanol–water partition coefficient (Wildman–Crippen LogP) is 1.08. The van der Waals surface area contributed by atoms with Gasteiger partial charge >= 0.3 is 0 Å². The highest BCUT2D eigenvalue weighted by Gasteiger charge is 2.14. The predicted molar refractivity (Wildman–Crippen MR) is 63.2 cm³/mol. The van der Waals surface area contributed by atoms with Crippen molar-refractivity contribution in [3.8, 4) is 0 Å². The van der Waals surface area contributed by atoms with E-state index in [1.165, 1.54) is 0 Å². The number of ether oxygens (including phenoxy) is 1. The van der Waals surface area contributed by atoms with Crippen LogP contribution in [-0.4, -0.2) is 32.1 Å². The van der Waals surface area contributed by atoms with Crippen molar-refractivity contribution in [1.29, 1.82) is 0 Å². The molecule has 1 amide bonds. The van der Waals surface area contributed by atoms with Crippen molar-refractivity contribution in [3.05, 3.63) is 35.9 Å². The van der Waals surface area contributed by atoms with Crippen LogP contribution in [0, 0.1) is 0 Å². The molecule has 6 heteroatoms. The zero-order chi connectivity index (χ0) is 13.4. The smallest absolute Gasteiger partial charge is 0.261 e. The Morgan fingerprint density at radius 2 is 2.00 bits per heavy atom. The fourth-order valence-corrected chi connectivity index (χ4v) is 1.34. The fraction of sp³-hybridized carbons (Fsp3) is 0.417. The third-order valence-electron chi connectivity index (χ3n) is 2.23. The largest absolute Gasteiger partial charge is 0.374 e. The summed E-state index contributed by atoms with van der Waals surface area (Å²) in [4.78, 5) is 11.6. The molecular formula is C12H16F2N2O2. The normalized spacial score (nSPS) is 12.4. The van der Waals surface area contributed by atoms with Gasteiger partial charge in [-0.25, -0.2) is 8.78 Å². The van der Waals surface area contributed by atoms with Gasteiger partial charge in [0, 0.05) is 6.54 Å². The number of benzene rings is 1. The minimum Gasteiger partial charge on any atom is -0.374 e. The van der Waals surface area contributed by atoms with Gasteiger partial charge < -0.3 is 15.8 Å². The molecule has 0 aromatic heterocycles. The number of hydrogen-bond donors (Lipinski definition) is 2. The van der Waals surface area contributed by atoms with Crippen molar-refractivity contribution in [2.24, 2.45) is 5.73 Å². The van der Waals surface area contributed by atoms with Gasteiger partial charge in [0.1, 0.15) is 12.6 Å². The molecule has 0 radical (unpaired) electrons. The summed E-state index contributed by atoms with van der Waals surface area (Å²) in [5.74, 6) is -0.359. The molecule has 0 heterocycles. The summed E-state index contributed by atoms with van der Waals surface area (Å²) >= 11 is 0. The summed E-state index contributed by atoms with van der Waals surface area (Å²) in [5.41, 5.74) is 6.43. The maximum absolute atomic E-state index is 11.7. The lowest BCUT2D eigenvalue weighted by Gasteiger charge is -2.12. The molecule has 4 nitrogen and oxygen atoms in total. The molecule has 18 heavy (non-hydrogen) atoms. The van der Waals surface area contributed by atoms with Crippen molar-refractivity contribution in [2.45, 2.75) is 12.5 Å². The quantitative estimate of drug-likeness (QED) is 0.719. The molecule has 0 aliphatic heterocycles. The second-order valence-corrected chi connectivity index (χ2v) is 3.65. The highest BCUT2D eigenvalue weighted by atomic mass is 19.3. The zero-order valence-corrected chi connectivity index (χ0v) is 9.81. The molecule has 0 saturated carbocycles.